The number of nitrogens with zero attached hydrogens (tertiary/aromatic N) is 1. The number of likely N-dealkylation sites (N-methyl/N-ethyl adjacent to an activating group) is 1. The van der Waals surface area contributed by atoms with Crippen molar-refractivity contribution in [3.05, 3.63) is 52.0 Å². The van der Waals surface area contributed by atoms with E-state index >= 15 is 0 Å². The van der Waals surface area contributed by atoms with Gasteiger partial charge in [0.1, 0.15) is 35.0 Å². The molecule has 0 aromatic heterocycles. The fourth-order valence-electron chi connectivity index (χ4n) is 8.28. The maximum absolute atomic E-state index is 14.5. The highest BCUT2D eigenvalue weighted by Gasteiger charge is 2.69. The summed E-state index contributed by atoms with van der Waals surface area (Å²) in [5.74, 6) is -10.1. The minimum absolute atomic E-state index is 0.0928. The number of benzene rings is 1. The predicted molar refractivity (Wildman–Crippen MR) is 194 cm³/mol. The van der Waals surface area contributed by atoms with Crippen LogP contribution in [0.5, 0.6) is 5.75 Å². The Labute approximate surface area is 312 Å². The number of unbranched alkanes of at least 4 members (excludes halogenated alkanes) is 1. The fourth-order valence-corrected chi connectivity index (χ4v) is 9.81. The first kappa shape index (κ1) is 40.2. The number of nitrogens with two attached hydrogens (primary N) is 1. The van der Waals surface area contributed by atoms with E-state index in [2.05, 4.69) is 10.6 Å². The first-order chi connectivity index (χ1) is 25.2. The van der Waals surface area contributed by atoms with Crippen LogP contribution in [0.2, 0.25) is 0 Å². The molecule has 15 nitrogen and oxygen atoms in total. The summed E-state index contributed by atoms with van der Waals surface area (Å²) in [5, 5.41) is 62.1. The number of fused-ring (bicyclic) bond motifs is 3. The highest BCUT2D eigenvalue weighted by molar-refractivity contribution is 7.99. The van der Waals surface area contributed by atoms with Crippen LogP contribution in [-0.2, 0) is 23.9 Å². The Bertz CT molecular complexity index is 1690. The molecule has 53 heavy (non-hydrogen) atoms. The standard InChI is InChI=1S/C37H50N4O11S/c1-4-23(43)52-32-25-20(16-53-18-10-5-6-11-18)19-12-9-14-22(42)24(19)30(44)26(25)33(46)37(51)28(32)29(41(2)3)31(45)27(34(37)47)35(48)40-17-39-15-8-7-13-21(38)36(49)50/h9,12,14,18,20-21,25,28-29,32,39,42,45-46,51H,4-8,10-11,13,15-17,38H2,1-3H3,(H,40,48)(H,49,50)/t20-,21?,25+,28+,29-,32-,37-/m0/s1. The van der Waals surface area contributed by atoms with Gasteiger partial charge >= 0.3 is 11.9 Å². The number of hydrogen-bond donors (Lipinski definition) is 8. The molecule has 0 aliphatic heterocycles. The number of aliphatic carboxylic acids is 1. The molecule has 290 valence electrons. The van der Waals surface area contributed by atoms with Crippen molar-refractivity contribution in [2.75, 3.05) is 33.1 Å². The van der Waals surface area contributed by atoms with Gasteiger partial charge in [-0.15, -0.1) is 0 Å². The number of ketones is 2. The Hall–Kier alpha value is -3.96. The number of carboxylic acids is 1. The van der Waals surface area contributed by atoms with Crippen LogP contribution in [0.4, 0.5) is 0 Å². The number of phenols is 1. The van der Waals surface area contributed by atoms with Crippen molar-refractivity contribution in [1.82, 2.24) is 15.5 Å². The molecule has 5 rings (SSSR count). The third kappa shape index (κ3) is 7.56. The molecule has 9 N–H and O–H groups in total. The van der Waals surface area contributed by atoms with E-state index in [-0.39, 0.29) is 36.4 Å². The van der Waals surface area contributed by atoms with Gasteiger partial charge in [-0.2, -0.15) is 11.8 Å². The van der Waals surface area contributed by atoms with E-state index in [0.29, 0.717) is 36.0 Å². The number of aliphatic hydroxyl groups is 3. The highest BCUT2D eigenvalue weighted by Crippen LogP contribution is 2.57. The number of amides is 1. The van der Waals surface area contributed by atoms with E-state index in [1.807, 2.05) is 0 Å². The molecule has 1 fully saturated rings. The van der Waals surface area contributed by atoms with E-state index < -0.39 is 88.0 Å². The Balaban J connectivity index is 1.55. The zero-order valence-corrected chi connectivity index (χ0v) is 31.0. The normalized spacial score (nSPS) is 27.7. The fraction of sp³-hybridized carbons (Fsp3) is 0.595. The third-order valence-corrected chi connectivity index (χ3v) is 12.4. The molecule has 0 heterocycles. The van der Waals surface area contributed by atoms with Gasteiger partial charge in [0.25, 0.3) is 5.91 Å². The molecular weight excluding hydrogens is 708 g/mol. The molecular formula is C37H50N4O11S. The average Bonchev–Trinajstić information content (AvgIpc) is 3.64. The molecule has 0 radical (unpaired) electrons. The highest BCUT2D eigenvalue weighted by atomic mass is 32.2. The van der Waals surface area contributed by atoms with E-state index in [9.17, 15) is 44.4 Å². The summed E-state index contributed by atoms with van der Waals surface area (Å²) < 4.78 is 6.07. The molecule has 16 heteroatoms. The van der Waals surface area contributed by atoms with Gasteiger partial charge in [-0.3, -0.25) is 34.2 Å². The topological polar surface area (TPSA) is 249 Å². The van der Waals surface area contributed by atoms with E-state index in [4.69, 9.17) is 15.6 Å². The molecule has 0 saturated heterocycles. The number of hydrogen-bond acceptors (Lipinski definition) is 14. The average molecular weight is 759 g/mol. The van der Waals surface area contributed by atoms with E-state index in [1.54, 1.807) is 30.8 Å². The second kappa shape index (κ2) is 16.6. The second-order valence-electron chi connectivity index (χ2n) is 14.4. The Kier molecular flexibility index (Phi) is 12.6. The lowest BCUT2D eigenvalue weighted by molar-refractivity contribution is -0.180. The van der Waals surface area contributed by atoms with Gasteiger partial charge in [0.15, 0.2) is 11.4 Å². The number of esters is 1. The largest absolute Gasteiger partial charge is 0.510 e. The third-order valence-electron chi connectivity index (χ3n) is 10.9. The Morgan fingerprint density at radius 1 is 1.11 bits per heavy atom. The van der Waals surface area contributed by atoms with Crippen LogP contribution in [-0.4, -0.2) is 122 Å². The molecule has 1 aromatic carbocycles. The van der Waals surface area contributed by atoms with E-state index in [0.717, 1.165) is 25.7 Å². The van der Waals surface area contributed by atoms with Crippen molar-refractivity contribution < 1.29 is 54.2 Å². The lowest BCUT2D eigenvalue weighted by Crippen LogP contribution is -2.69. The number of nitrogens with one attached hydrogen (secondary N) is 2. The van der Waals surface area contributed by atoms with Gasteiger partial charge in [0.2, 0.25) is 5.78 Å². The molecule has 1 amide bonds. The van der Waals surface area contributed by atoms with Crippen LogP contribution in [0, 0.1) is 11.8 Å². The molecule has 1 unspecified atom stereocenters. The number of rotatable bonds is 15. The number of carbonyl (C=O) groups excluding carboxylic acids is 4. The number of carbonyl (C=O) groups is 5. The molecule has 7 atom stereocenters. The zero-order chi connectivity index (χ0) is 38.8. The van der Waals surface area contributed by atoms with Crippen LogP contribution in [0.25, 0.3) is 0 Å². The van der Waals surface area contributed by atoms with Crippen LogP contribution in [0.15, 0.2) is 40.9 Å². The number of aliphatic hydroxyl groups excluding tert-OH is 2. The molecule has 4 aliphatic carbocycles. The van der Waals surface area contributed by atoms with Gasteiger partial charge in [-0.05, 0) is 58.0 Å². The molecule has 1 aromatic rings. The summed E-state index contributed by atoms with van der Waals surface area (Å²) in [5.41, 5.74) is 1.67. The van der Waals surface area contributed by atoms with Crippen LogP contribution >= 0.6 is 11.8 Å². The van der Waals surface area contributed by atoms with Crippen molar-refractivity contribution in [2.45, 2.75) is 93.2 Å². The molecule has 1 saturated carbocycles. The van der Waals surface area contributed by atoms with Crippen molar-refractivity contribution in [3.8, 4) is 5.75 Å². The number of thioether (sulfide) groups is 1. The smallest absolute Gasteiger partial charge is 0.320 e. The van der Waals surface area contributed by atoms with Crippen molar-refractivity contribution in [1.29, 1.82) is 0 Å². The number of ether oxygens (including phenoxy) is 1. The quantitative estimate of drug-likeness (QED) is 0.0552. The number of phenolic OH excluding ortho intramolecular Hbond substituents is 1. The predicted octanol–water partition coefficient (Wildman–Crippen LogP) is 2.03. The first-order valence-corrected chi connectivity index (χ1v) is 19.2. The SMILES string of the molecule is CCC(=O)O[C@H]1[C@H]2C(=C(O)[C@]3(O)C(=O)C(C(=O)NCNCCCCC(N)C(=O)O)=C(O)[C@@H](N(C)C)[C@H]13)C(=O)c1c(O)cccc1[C@@H]2CSC1CCCC1. The summed E-state index contributed by atoms with van der Waals surface area (Å²) in [6, 6.07) is 2.30. The molecule has 0 bridgehead atoms. The van der Waals surface area contributed by atoms with E-state index in [1.165, 1.54) is 25.1 Å². The number of aromatic hydroxyl groups is 1. The summed E-state index contributed by atoms with van der Waals surface area (Å²) in [4.78, 5) is 68.0. The van der Waals surface area contributed by atoms with Crippen molar-refractivity contribution >= 4 is 41.2 Å². The Morgan fingerprint density at radius 3 is 2.45 bits per heavy atom. The molecule has 4 aliphatic rings. The van der Waals surface area contributed by atoms with Gasteiger partial charge in [0, 0.05) is 34.8 Å². The van der Waals surface area contributed by atoms with Crippen LogP contribution in [0.3, 0.4) is 0 Å². The molecule has 0 spiro atoms. The minimum Gasteiger partial charge on any atom is -0.510 e. The van der Waals surface area contributed by atoms with Crippen LogP contribution < -0.4 is 16.4 Å². The summed E-state index contributed by atoms with van der Waals surface area (Å²) in [6.07, 6.45) is 3.89. The maximum Gasteiger partial charge on any atom is 0.320 e. The van der Waals surface area contributed by atoms with Gasteiger partial charge in [-0.25, -0.2) is 0 Å². The summed E-state index contributed by atoms with van der Waals surface area (Å²) >= 11 is 1.68. The van der Waals surface area contributed by atoms with Crippen molar-refractivity contribution in [2.24, 2.45) is 17.6 Å². The van der Waals surface area contributed by atoms with Crippen molar-refractivity contribution in [3.63, 3.8) is 0 Å². The zero-order valence-electron chi connectivity index (χ0n) is 30.2. The number of carboxylic acid groups (broad SMARTS) is 1. The first-order valence-electron chi connectivity index (χ1n) is 18.1. The monoisotopic (exact) mass is 758 g/mol. The minimum atomic E-state index is -3.00. The van der Waals surface area contributed by atoms with Gasteiger partial charge < -0.3 is 41.3 Å². The lowest BCUT2D eigenvalue weighted by Gasteiger charge is -2.54. The number of Topliss-reactive ketones (excluding diaryl/α,β-unsaturated/α-hetero) is 2. The summed E-state index contributed by atoms with van der Waals surface area (Å²) in [7, 11) is 3.07. The maximum atomic E-state index is 14.5. The Morgan fingerprint density at radius 2 is 1.81 bits per heavy atom. The van der Waals surface area contributed by atoms with Gasteiger partial charge in [0.05, 0.1) is 24.2 Å². The lowest BCUT2D eigenvalue weighted by atomic mass is 9.55. The van der Waals surface area contributed by atoms with Crippen LogP contribution in [0.1, 0.15) is 80.1 Å². The second-order valence-corrected chi connectivity index (χ2v) is 15.8. The summed E-state index contributed by atoms with van der Waals surface area (Å²) in [6.45, 7) is 1.74. The van der Waals surface area contributed by atoms with Gasteiger partial charge in [-0.1, -0.05) is 38.3 Å².